The molecule has 7 nitrogen and oxygen atoms in total. The van der Waals surface area contributed by atoms with Crippen molar-refractivity contribution in [2.75, 3.05) is 18.0 Å². The molecule has 1 aromatic carbocycles. The molecule has 0 spiro atoms. The zero-order valence-electron chi connectivity index (χ0n) is 15.6. The van der Waals surface area contributed by atoms with Crippen molar-refractivity contribution in [1.82, 2.24) is 4.57 Å². The van der Waals surface area contributed by atoms with Gasteiger partial charge < -0.3 is 25.0 Å². The van der Waals surface area contributed by atoms with Crippen molar-refractivity contribution in [1.29, 1.82) is 0 Å². The van der Waals surface area contributed by atoms with Crippen LogP contribution in [-0.4, -0.2) is 40.4 Å². The number of benzene rings is 1. The molecule has 0 amide bonds. The summed E-state index contributed by atoms with van der Waals surface area (Å²) in [5.41, 5.74) is 6.08. The SMILES string of the molecule is C[C@@H]1Cn2c(=O)c(C(=O)O)cc3cc(F)c(N4CC[C@@H](C5(N)CC5)C4)c(c32)O1. The Balaban J connectivity index is 1.70. The molecule has 2 atom stereocenters. The maximum Gasteiger partial charge on any atom is 0.341 e. The minimum atomic E-state index is -1.32. The third kappa shape index (κ3) is 2.44. The molecule has 3 heterocycles. The van der Waals surface area contributed by atoms with E-state index in [-0.39, 0.29) is 23.8 Å². The van der Waals surface area contributed by atoms with E-state index in [2.05, 4.69) is 0 Å². The predicted octanol–water partition coefficient (Wildman–Crippen LogP) is 1.94. The van der Waals surface area contributed by atoms with Gasteiger partial charge in [0, 0.05) is 24.0 Å². The van der Waals surface area contributed by atoms with Crippen LogP contribution >= 0.6 is 0 Å². The van der Waals surface area contributed by atoms with E-state index in [1.807, 2.05) is 4.90 Å². The lowest BCUT2D eigenvalue weighted by Crippen LogP contribution is -2.37. The number of anilines is 1. The molecule has 2 aliphatic heterocycles. The van der Waals surface area contributed by atoms with Gasteiger partial charge in [0.15, 0.2) is 11.6 Å². The van der Waals surface area contributed by atoms with E-state index in [1.54, 1.807) is 6.92 Å². The Kier molecular flexibility index (Phi) is 3.56. The lowest BCUT2D eigenvalue weighted by Gasteiger charge is -2.31. The highest BCUT2D eigenvalue weighted by Gasteiger charge is 2.48. The zero-order chi connectivity index (χ0) is 19.8. The number of hydrogen-bond donors (Lipinski definition) is 2. The van der Waals surface area contributed by atoms with Crippen molar-refractivity contribution in [3.8, 4) is 5.75 Å². The van der Waals surface area contributed by atoms with E-state index in [0.29, 0.717) is 41.3 Å². The summed E-state index contributed by atoms with van der Waals surface area (Å²) in [4.78, 5) is 26.1. The van der Waals surface area contributed by atoms with Crippen LogP contribution in [0.25, 0.3) is 10.9 Å². The highest BCUT2D eigenvalue weighted by molar-refractivity contribution is 5.97. The van der Waals surface area contributed by atoms with Crippen LogP contribution in [0.15, 0.2) is 16.9 Å². The first-order valence-electron chi connectivity index (χ1n) is 9.62. The fourth-order valence-corrected chi connectivity index (χ4v) is 4.69. The van der Waals surface area contributed by atoms with E-state index in [1.165, 1.54) is 16.7 Å². The second-order valence-corrected chi connectivity index (χ2v) is 8.35. The van der Waals surface area contributed by atoms with Crippen LogP contribution in [0.5, 0.6) is 5.75 Å². The van der Waals surface area contributed by atoms with Crippen molar-refractivity contribution >= 4 is 22.6 Å². The van der Waals surface area contributed by atoms with Crippen LogP contribution in [-0.2, 0) is 6.54 Å². The number of halogens is 1. The van der Waals surface area contributed by atoms with Crippen molar-refractivity contribution in [3.63, 3.8) is 0 Å². The van der Waals surface area contributed by atoms with Crippen molar-refractivity contribution < 1.29 is 19.0 Å². The number of pyridine rings is 1. The van der Waals surface area contributed by atoms with Gasteiger partial charge in [0.25, 0.3) is 5.56 Å². The molecule has 0 bridgehead atoms. The Morgan fingerprint density at radius 1 is 1.36 bits per heavy atom. The molecular formula is C20H22FN3O4. The van der Waals surface area contributed by atoms with Gasteiger partial charge in [0.05, 0.1) is 12.1 Å². The van der Waals surface area contributed by atoms with Crippen LogP contribution in [0.4, 0.5) is 10.1 Å². The molecule has 1 saturated carbocycles. The largest absolute Gasteiger partial charge is 0.484 e. The lowest BCUT2D eigenvalue weighted by molar-refractivity contribution is 0.0693. The van der Waals surface area contributed by atoms with Crippen molar-refractivity contribution in [2.24, 2.45) is 11.7 Å². The topological polar surface area (TPSA) is 97.8 Å². The molecule has 3 N–H and O–H groups in total. The minimum Gasteiger partial charge on any atom is -0.484 e. The lowest BCUT2D eigenvalue weighted by atomic mass is 9.97. The quantitative estimate of drug-likeness (QED) is 0.835. The van der Waals surface area contributed by atoms with E-state index in [0.717, 1.165) is 19.3 Å². The summed E-state index contributed by atoms with van der Waals surface area (Å²) in [6.45, 7) is 3.34. The summed E-state index contributed by atoms with van der Waals surface area (Å²) in [6.07, 6.45) is 2.53. The number of rotatable bonds is 3. The number of ether oxygens (including phenoxy) is 1. The third-order valence-corrected chi connectivity index (χ3v) is 6.39. The molecule has 28 heavy (non-hydrogen) atoms. The summed E-state index contributed by atoms with van der Waals surface area (Å²) in [7, 11) is 0. The number of aromatic carboxylic acids is 1. The maximum absolute atomic E-state index is 15.2. The first-order chi connectivity index (χ1) is 13.3. The van der Waals surface area contributed by atoms with Crippen LogP contribution in [0.2, 0.25) is 0 Å². The molecular weight excluding hydrogens is 365 g/mol. The monoisotopic (exact) mass is 387 g/mol. The van der Waals surface area contributed by atoms with Gasteiger partial charge in [-0.25, -0.2) is 9.18 Å². The van der Waals surface area contributed by atoms with Gasteiger partial charge in [-0.1, -0.05) is 0 Å². The number of aromatic nitrogens is 1. The molecule has 2 fully saturated rings. The van der Waals surface area contributed by atoms with E-state index >= 15 is 4.39 Å². The number of nitrogens with two attached hydrogens (primary N) is 1. The number of nitrogens with zero attached hydrogens (tertiary/aromatic N) is 2. The summed E-state index contributed by atoms with van der Waals surface area (Å²) in [5.74, 6) is -1.15. The first-order valence-corrected chi connectivity index (χ1v) is 9.62. The van der Waals surface area contributed by atoms with Crippen molar-refractivity contribution in [3.05, 3.63) is 33.9 Å². The third-order valence-electron chi connectivity index (χ3n) is 6.39. The smallest absolute Gasteiger partial charge is 0.341 e. The van der Waals surface area contributed by atoms with Gasteiger partial charge in [-0.05, 0) is 44.2 Å². The molecule has 0 unspecified atom stereocenters. The second-order valence-electron chi connectivity index (χ2n) is 8.35. The summed E-state index contributed by atoms with van der Waals surface area (Å²) < 4.78 is 22.6. The molecule has 148 valence electrons. The van der Waals surface area contributed by atoms with Crippen LogP contribution in [0, 0.1) is 11.7 Å². The number of carboxylic acids is 1. The summed E-state index contributed by atoms with van der Waals surface area (Å²) in [5, 5.41) is 9.70. The predicted molar refractivity (Wildman–Crippen MR) is 102 cm³/mol. The number of carboxylic acid groups (broad SMARTS) is 1. The van der Waals surface area contributed by atoms with Gasteiger partial charge >= 0.3 is 5.97 Å². The van der Waals surface area contributed by atoms with E-state index in [9.17, 15) is 14.7 Å². The molecule has 1 aromatic heterocycles. The van der Waals surface area contributed by atoms with E-state index < -0.39 is 17.3 Å². The average Bonchev–Trinajstić information content (AvgIpc) is 3.19. The normalized spacial score (nSPS) is 25.0. The van der Waals surface area contributed by atoms with Gasteiger partial charge in [0.2, 0.25) is 0 Å². The molecule has 5 rings (SSSR count). The summed E-state index contributed by atoms with van der Waals surface area (Å²) >= 11 is 0. The Morgan fingerprint density at radius 2 is 2.11 bits per heavy atom. The Labute approximate surface area is 160 Å². The minimum absolute atomic E-state index is 0.133. The first kappa shape index (κ1) is 17.5. The molecule has 0 radical (unpaired) electrons. The van der Waals surface area contributed by atoms with Crippen LogP contribution in [0.1, 0.15) is 36.5 Å². The van der Waals surface area contributed by atoms with Gasteiger partial charge in [-0.2, -0.15) is 0 Å². The molecule has 2 aromatic rings. The number of hydrogen-bond acceptors (Lipinski definition) is 5. The zero-order valence-corrected chi connectivity index (χ0v) is 15.6. The van der Waals surface area contributed by atoms with Gasteiger partial charge in [-0.3, -0.25) is 4.79 Å². The highest BCUT2D eigenvalue weighted by atomic mass is 19.1. The van der Waals surface area contributed by atoms with Crippen molar-refractivity contribution in [2.45, 2.75) is 44.4 Å². The Bertz CT molecular complexity index is 1080. The second kappa shape index (κ2) is 5.70. The standard InChI is InChI=1S/C20H22FN3O4/c1-10-8-24-15-11(6-13(18(24)25)19(26)27)7-14(21)16(17(15)28-10)23-5-2-12(9-23)20(22)3-4-20/h6-7,10,12H,2-5,8-9,22H2,1H3,(H,26,27)/t10-,12-/m1/s1. The Morgan fingerprint density at radius 3 is 2.79 bits per heavy atom. The van der Waals surface area contributed by atoms with Gasteiger partial charge in [-0.15, -0.1) is 0 Å². The molecule has 8 heteroatoms. The van der Waals surface area contributed by atoms with E-state index in [4.69, 9.17) is 10.5 Å². The van der Waals surface area contributed by atoms with Gasteiger partial charge in [0.1, 0.15) is 17.4 Å². The average molecular weight is 387 g/mol. The van der Waals surface area contributed by atoms with Crippen LogP contribution < -0.4 is 20.9 Å². The fourth-order valence-electron chi connectivity index (χ4n) is 4.69. The maximum atomic E-state index is 15.2. The summed E-state index contributed by atoms with van der Waals surface area (Å²) in [6, 6.07) is 2.54. The fraction of sp³-hybridized carbons (Fsp3) is 0.500. The Hall–Kier alpha value is -2.61. The number of carbonyl (C=O) groups is 1. The molecule has 3 aliphatic rings. The highest BCUT2D eigenvalue weighted by Crippen LogP contribution is 2.47. The molecule has 1 saturated heterocycles. The van der Waals surface area contributed by atoms with Crippen LogP contribution in [0.3, 0.4) is 0 Å². The molecule has 1 aliphatic carbocycles.